The van der Waals surface area contributed by atoms with Crippen molar-refractivity contribution in [3.63, 3.8) is 0 Å². The van der Waals surface area contributed by atoms with Crippen LogP contribution < -0.4 is 5.32 Å². The van der Waals surface area contributed by atoms with Gasteiger partial charge in [0.2, 0.25) is 5.91 Å². The van der Waals surface area contributed by atoms with Crippen LogP contribution >= 0.6 is 0 Å². The molecule has 0 aliphatic heterocycles. The molecule has 1 aliphatic rings. The number of allylic oxidation sites excluding steroid dienone is 2. The molecule has 0 atom stereocenters. The van der Waals surface area contributed by atoms with Gasteiger partial charge in [0.15, 0.2) is 0 Å². The van der Waals surface area contributed by atoms with Crippen LogP contribution in [-0.2, 0) is 9.59 Å². The summed E-state index contributed by atoms with van der Waals surface area (Å²) in [5.41, 5.74) is 0. The van der Waals surface area contributed by atoms with Gasteiger partial charge in [-0.05, 0) is 63.7 Å². The van der Waals surface area contributed by atoms with E-state index >= 15 is 0 Å². The monoisotopic (exact) mass is 444 g/mol. The molecular formula is C26H47NNaO3. The molecule has 0 bridgehead atoms. The van der Waals surface area contributed by atoms with E-state index < -0.39 is 5.97 Å². The summed E-state index contributed by atoms with van der Waals surface area (Å²) in [6.45, 7) is 2.98. The second-order valence-corrected chi connectivity index (χ2v) is 9.19. The zero-order valence-electron chi connectivity index (χ0n) is 20.5. The van der Waals surface area contributed by atoms with Gasteiger partial charge in [-0.1, -0.05) is 70.4 Å². The summed E-state index contributed by atoms with van der Waals surface area (Å²) in [5, 5.41) is 12.1. The first-order valence-corrected chi connectivity index (χ1v) is 12.8. The number of carboxylic acid groups (broad SMARTS) is 1. The zero-order chi connectivity index (χ0) is 21.9. The van der Waals surface area contributed by atoms with Crippen LogP contribution in [-0.4, -0.2) is 53.1 Å². The van der Waals surface area contributed by atoms with Crippen LogP contribution in [0.4, 0.5) is 0 Å². The summed E-state index contributed by atoms with van der Waals surface area (Å²) in [4.78, 5) is 23.0. The fraction of sp³-hybridized carbons (Fsp3) is 0.846. The average molecular weight is 445 g/mol. The second-order valence-electron chi connectivity index (χ2n) is 9.19. The molecule has 1 amide bonds. The van der Waals surface area contributed by atoms with E-state index in [4.69, 9.17) is 5.11 Å². The van der Waals surface area contributed by atoms with Crippen molar-refractivity contribution in [2.24, 2.45) is 11.8 Å². The third-order valence-electron chi connectivity index (χ3n) is 6.45. The minimum absolute atomic E-state index is 0. The van der Waals surface area contributed by atoms with Gasteiger partial charge in [-0.2, -0.15) is 0 Å². The number of nitrogens with one attached hydrogen (secondary N) is 1. The number of carbonyl (C=O) groups is 2. The van der Waals surface area contributed by atoms with Gasteiger partial charge in [0.1, 0.15) is 0 Å². The number of hydrogen-bond acceptors (Lipinski definition) is 2. The van der Waals surface area contributed by atoms with Gasteiger partial charge in [-0.15, -0.1) is 0 Å². The minimum atomic E-state index is -0.665. The smallest absolute Gasteiger partial charge is 0.306 e. The number of carboxylic acids is 1. The number of unbranched alkanes of at least 4 members (excludes halogenated alkanes) is 11. The maximum Gasteiger partial charge on any atom is 0.306 e. The maximum atomic E-state index is 12.0. The van der Waals surface area contributed by atoms with Gasteiger partial charge in [0, 0.05) is 42.5 Å². The molecule has 175 valence electrons. The fourth-order valence-corrected chi connectivity index (χ4v) is 4.32. The van der Waals surface area contributed by atoms with Gasteiger partial charge in [0.05, 0.1) is 5.92 Å². The molecule has 2 N–H and O–H groups in total. The van der Waals surface area contributed by atoms with E-state index in [1.54, 1.807) is 0 Å². The van der Waals surface area contributed by atoms with Gasteiger partial charge in [-0.3, -0.25) is 9.59 Å². The minimum Gasteiger partial charge on any atom is -0.481 e. The fourth-order valence-electron chi connectivity index (χ4n) is 4.32. The Balaban J connectivity index is 0.00000900. The summed E-state index contributed by atoms with van der Waals surface area (Å²) in [6.07, 6.45) is 25.2. The SMILES string of the molecule is CCCCCCCCC=CCCCCCCCC(=O)NC[C@H]1CC[C@H](C(=O)O)CC1.[Na]. The van der Waals surface area contributed by atoms with E-state index in [2.05, 4.69) is 24.4 Å². The molecule has 1 radical (unpaired) electrons. The summed E-state index contributed by atoms with van der Waals surface area (Å²) in [7, 11) is 0. The number of hydrogen-bond donors (Lipinski definition) is 2. The van der Waals surface area contributed by atoms with E-state index in [0.717, 1.165) is 45.1 Å². The van der Waals surface area contributed by atoms with E-state index in [-0.39, 0.29) is 41.4 Å². The summed E-state index contributed by atoms with van der Waals surface area (Å²) in [5.74, 6) is -0.221. The number of aliphatic carboxylic acids is 1. The molecule has 0 aromatic heterocycles. The third-order valence-corrected chi connectivity index (χ3v) is 6.45. The molecule has 1 saturated carbocycles. The van der Waals surface area contributed by atoms with Crippen molar-refractivity contribution in [1.82, 2.24) is 5.32 Å². The second kappa shape index (κ2) is 21.5. The number of amides is 1. The van der Waals surface area contributed by atoms with E-state index in [9.17, 15) is 9.59 Å². The van der Waals surface area contributed by atoms with Gasteiger partial charge < -0.3 is 10.4 Å². The molecule has 0 unspecified atom stereocenters. The Kier molecular flexibility index (Phi) is 21.3. The van der Waals surface area contributed by atoms with Crippen molar-refractivity contribution in [2.75, 3.05) is 6.54 Å². The first-order chi connectivity index (χ1) is 14.6. The van der Waals surface area contributed by atoms with E-state index in [1.807, 2.05) is 0 Å². The first-order valence-electron chi connectivity index (χ1n) is 12.8. The van der Waals surface area contributed by atoms with Crippen LogP contribution in [0.25, 0.3) is 0 Å². The van der Waals surface area contributed by atoms with Gasteiger partial charge >= 0.3 is 5.97 Å². The Labute approximate surface area is 213 Å². The number of rotatable bonds is 18. The van der Waals surface area contributed by atoms with Crippen LogP contribution in [0.3, 0.4) is 0 Å². The molecule has 0 aromatic rings. The Morgan fingerprint density at radius 3 is 1.87 bits per heavy atom. The molecule has 31 heavy (non-hydrogen) atoms. The molecule has 5 heteroatoms. The third kappa shape index (κ3) is 17.9. The summed E-state index contributed by atoms with van der Waals surface area (Å²) in [6, 6.07) is 0. The quantitative estimate of drug-likeness (QED) is 0.141. The summed E-state index contributed by atoms with van der Waals surface area (Å²) < 4.78 is 0. The van der Waals surface area contributed by atoms with E-state index in [1.165, 1.54) is 70.6 Å². The molecular weight excluding hydrogens is 397 g/mol. The van der Waals surface area contributed by atoms with Crippen molar-refractivity contribution in [3.05, 3.63) is 12.2 Å². The van der Waals surface area contributed by atoms with Crippen LogP contribution in [0.2, 0.25) is 0 Å². The number of carbonyl (C=O) groups excluding carboxylic acids is 1. The molecule has 1 aliphatic carbocycles. The maximum absolute atomic E-state index is 12.0. The largest absolute Gasteiger partial charge is 0.481 e. The van der Waals surface area contributed by atoms with Gasteiger partial charge in [-0.25, -0.2) is 0 Å². The van der Waals surface area contributed by atoms with Crippen LogP contribution in [0.1, 0.15) is 122 Å². The summed E-state index contributed by atoms with van der Waals surface area (Å²) >= 11 is 0. The Hall–Kier alpha value is -0.320. The molecule has 1 fully saturated rings. The van der Waals surface area contributed by atoms with Crippen molar-refractivity contribution in [3.8, 4) is 0 Å². The average Bonchev–Trinajstić information content (AvgIpc) is 2.75. The van der Waals surface area contributed by atoms with Crippen molar-refractivity contribution < 1.29 is 14.7 Å². The van der Waals surface area contributed by atoms with Crippen molar-refractivity contribution in [1.29, 1.82) is 0 Å². The van der Waals surface area contributed by atoms with Crippen molar-refractivity contribution >= 4 is 41.4 Å². The van der Waals surface area contributed by atoms with Gasteiger partial charge in [0.25, 0.3) is 0 Å². The van der Waals surface area contributed by atoms with Crippen LogP contribution in [0.5, 0.6) is 0 Å². The molecule has 0 aromatic carbocycles. The molecule has 0 spiro atoms. The Bertz CT molecular complexity index is 473. The Morgan fingerprint density at radius 2 is 1.32 bits per heavy atom. The Morgan fingerprint density at radius 1 is 0.806 bits per heavy atom. The standard InChI is InChI=1S/C26H47NO3.Na/c1-2-3-4-5-6-7-8-9-10-11-12-13-14-15-16-17-25(28)27-22-23-18-20-24(21-19-23)26(29)30;/h9-10,23-24H,2-8,11-22H2,1H3,(H,27,28)(H,29,30);/t23-,24-;. The predicted molar refractivity (Wildman–Crippen MR) is 131 cm³/mol. The van der Waals surface area contributed by atoms with E-state index in [0.29, 0.717) is 12.3 Å². The molecule has 4 nitrogen and oxygen atoms in total. The molecule has 0 heterocycles. The predicted octanol–water partition coefficient (Wildman–Crippen LogP) is 6.65. The van der Waals surface area contributed by atoms with Crippen molar-refractivity contribution in [2.45, 2.75) is 122 Å². The first kappa shape index (κ1) is 30.7. The topological polar surface area (TPSA) is 66.4 Å². The normalized spacial score (nSPS) is 18.6. The molecule has 1 rings (SSSR count). The zero-order valence-corrected chi connectivity index (χ0v) is 22.5. The van der Waals surface area contributed by atoms with Crippen LogP contribution in [0, 0.1) is 11.8 Å². The van der Waals surface area contributed by atoms with Crippen LogP contribution in [0.15, 0.2) is 12.2 Å². The molecule has 0 saturated heterocycles.